The van der Waals surface area contributed by atoms with Crippen molar-refractivity contribution >= 4 is 101 Å². The van der Waals surface area contributed by atoms with Crippen molar-refractivity contribution in [3.63, 3.8) is 0 Å². The fraction of sp³-hybridized carbons (Fsp3) is 0.302. The van der Waals surface area contributed by atoms with Gasteiger partial charge in [-0.15, -0.1) is 22.7 Å². The Balaban J connectivity index is 0.953. The van der Waals surface area contributed by atoms with Gasteiger partial charge in [0.25, 0.3) is 0 Å². The number of benzene rings is 2. The summed E-state index contributed by atoms with van der Waals surface area (Å²) in [6.45, 7) is 1.27. The van der Waals surface area contributed by atoms with Crippen LogP contribution in [-0.4, -0.2) is 70.5 Å². The minimum absolute atomic E-state index is 0.134. The van der Waals surface area contributed by atoms with Gasteiger partial charge in [0.15, 0.2) is 0 Å². The molecule has 0 bridgehead atoms. The molecule has 338 valence electrons. The third-order valence-corrected chi connectivity index (χ3v) is 17.1. The molecule has 0 unspecified atom stereocenters. The molecule has 4 aromatic heterocycles. The van der Waals surface area contributed by atoms with Crippen LogP contribution in [0.5, 0.6) is 0 Å². The molecule has 0 saturated carbocycles. The second-order valence-electron chi connectivity index (χ2n) is 15.6. The molecule has 2 aliphatic rings. The van der Waals surface area contributed by atoms with E-state index in [1.165, 1.54) is 33.6 Å². The van der Waals surface area contributed by atoms with Crippen molar-refractivity contribution in [1.29, 1.82) is 0 Å². The average Bonchev–Trinajstić information content (AvgIpc) is 3.98. The van der Waals surface area contributed by atoms with Gasteiger partial charge in [-0.3, -0.25) is 9.11 Å². The lowest BCUT2D eigenvalue weighted by Gasteiger charge is -2.15. The minimum atomic E-state index is -4.48. The zero-order valence-corrected chi connectivity index (χ0v) is 40.2. The zero-order valence-electron chi connectivity index (χ0n) is 33.9. The molecule has 11 nitrogen and oxygen atoms in total. The number of fused-ring (bicyclic) bond motifs is 6. The predicted molar refractivity (Wildman–Crippen MR) is 252 cm³/mol. The lowest BCUT2D eigenvalue weighted by atomic mass is 10.1. The van der Waals surface area contributed by atoms with Crippen LogP contribution in [0.3, 0.4) is 0 Å². The third kappa shape index (κ3) is 9.81. The van der Waals surface area contributed by atoms with Crippen molar-refractivity contribution < 1.29 is 34.7 Å². The van der Waals surface area contributed by atoms with E-state index in [1.807, 2.05) is 7.05 Å². The molecule has 0 aliphatic heterocycles. The molecule has 0 saturated heterocycles. The van der Waals surface area contributed by atoms with E-state index in [1.54, 1.807) is 36.4 Å². The van der Waals surface area contributed by atoms with Crippen LogP contribution in [0.2, 0.25) is 20.1 Å². The highest BCUT2D eigenvalue weighted by molar-refractivity contribution is 7.88. The first-order valence-corrected chi connectivity index (χ1v) is 26.2. The van der Waals surface area contributed by atoms with Crippen molar-refractivity contribution in [2.75, 3.05) is 20.1 Å². The number of nitrogens with zero attached hydrogens (tertiary/aromatic N) is 5. The highest BCUT2D eigenvalue weighted by Gasteiger charge is 2.32. The SMILES string of the molecule is CN(CCC/C=C(\F)c1nn(-c2ccc(Cl)cc2Cl)c2c1CCCc1cc(S(=O)(=O)O)sc1-2)CCC/C=C(\F)c1nn(-c2ccc(Cl)cc2Cl)c2c1CCCc1cc(S(=O)(=O)O)sc1-2. The summed E-state index contributed by atoms with van der Waals surface area (Å²) in [5.41, 5.74) is 4.81. The van der Waals surface area contributed by atoms with Crippen LogP contribution in [-0.2, 0) is 45.9 Å². The molecule has 0 amide bonds. The first-order valence-electron chi connectivity index (χ1n) is 20.2. The number of aromatic nitrogens is 4. The van der Waals surface area contributed by atoms with Crippen LogP contribution < -0.4 is 0 Å². The summed E-state index contributed by atoms with van der Waals surface area (Å²) in [5.74, 6) is -1.04. The second kappa shape index (κ2) is 19.0. The molecule has 2 aromatic carbocycles. The summed E-state index contributed by atoms with van der Waals surface area (Å²) in [7, 11) is -7.02. The second-order valence-corrected chi connectivity index (χ2v) is 22.6. The predicted octanol–water partition coefficient (Wildman–Crippen LogP) is 12.4. The van der Waals surface area contributed by atoms with Gasteiger partial charge in [0.1, 0.15) is 31.5 Å². The van der Waals surface area contributed by atoms with Gasteiger partial charge in [-0.1, -0.05) is 46.4 Å². The quantitative estimate of drug-likeness (QED) is 0.0803. The highest BCUT2D eigenvalue weighted by atomic mass is 35.5. The van der Waals surface area contributed by atoms with Crippen LogP contribution >= 0.6 is 69.1 Å². The van der Waals surface area contributed by atoms with E-state index in [4.69, 9.17) is 46.4 Å². The molecule has 8 rings (SSSR count). The average molecular weight is 1030 g/mol. The highest BCUT2D eigenvalue weighted by Crippen LogP contribution is 2.46. The molecule has 2 N–H and O–H groups in total. The van der Waals surface area contributed by atoms with Crippen molar-refractivity contribution in [2.24, 2.45) is 0 Å². The van der Waals surface area contributed by atoms with Gasteiger partial charge in [-0.2, -0.15) is 27.0 Å². The Morgan fingerprint density at radius 1 is 0.688 bits per heavy atom. The lowest BCUT2D eigenvalue weighted by molar-refractivity contribution is 0.326. The Hall–Kier alpha value is -3.46. The molecule has 0 radical (unpaired) electrons. The van der Waals surface area contributed by atoms with Crippen LogP contribution in [0.4, 0.5) is 8.78 Å². The molecule has 64 heavy (non-hydrogen) atoms. The molecule has 0 fully saturated rings. The number of halogens is 6. The van der Waals surface area contributed by atoms with Gasteiger partial charge in [-0.25, -0.2) is 18.1 Å². The summed E-state index contributed by atoms with van der Waals surface area (Å²) < 4.78 is 103. The van der Waals surface area contributed by atoms with Crippen LogP contribution in [0.15, 0.2) is 69.1 Å². The number of thiophene rings is 2. The topological polar surface area (TPSA) is 148 Å². The monoisotopic (exact) mass is 1030 g/mol. The normalized spacial score (nSPS) is 14.6. The molecule has 0 spiro atoms. The van der Waals surface area contributed by atoms with Crippen LogP contribution in [0.25, 0.3) is 44.2 Å². The Kier molecular flexibility index (Phi) is 14.0. The van der Waals surface area contributed by atoms with E-state index in [2.05, 4.69) is 15.1 Å². The van der Waals surface area contributed by atoms with Gasteiger partial charge in [0.05, 0.1) is 42.6 Å². The number of rotatable bonds is 14. The first kappa shape index (κ1) is 47.0. The Morgan fingerprint density at radius 2 is 1.09 bits per heavy atom. The summed E-state index contributed by atoms with van der Waals surface area (Å²) in [6, 6.07) is 12.6. The largest absolute Gasteiger partial charge is 0.306 e. The van der Waals surface area contributed by atoms with Crippen molar-refractivity contribution in [3.8, 4) is 32.5 Å². The van der Waals surface area contributed by atoms with Gasteiger partial charge in [-0.05, 0) is 156 Å². The summed E-state index contributed by atoms with van der Waals surface area (Å²) >= 11 is 27.4. The fourth-order valence-electron chi connectivity index (χ4n) is 8.11. The zero-order chi connectivity index (χ0) is 45.7. The van der Waals surface area contributed by atoms with E-state index < -0.39 is 31.9 Å². The number of unbranched alkanes of at least 4 members (excludes halogenated alkanes) is 2. The Morgan fingerprint density at radius 3 is 1.47 bits per heavy atom. The van der Waals surface area contributed by atoms with Crippen LogP contribution in [0, 0.1) is 0 Å². The summed E-state index contributed by atoms with van der Waals surface area (Å²) in [4.78, 5) is 3.21. The van der Waals surface area contributed by atoms with E-state index in [9.17, 15) is 25.9 Å². The number of aryl methyl sites for hydroxylation is 2. The number of hydrogen-bond acceptors (Lipinski definition) is 9. The third-order valence-electron chi connectivity index (χ3n) is 11.1. The standard InChI is InChI=1S/C43H39Cl4F2N5O6S4/c1-52(18-4-2-12-32(48)38-28-10-6-8-24-20-36(63(55,56)57)61-42(24)40(28)53(50-38)34-16-14-26(44)22-30(34)46)19-5-3-13-33(49)39-29-11-7-9-25-21-37(64(58,59)60)62-43(25)41(29)54(51-39)35-17-15-27(45)23-31(35)47/h12-17,20-23H,2-11,18-19H2,1H3,(H,55,56,57)(H,58,59,60)/b32-12-,33-13-. The first-order chi connectivity index (χ1) is 30.4. The number of allylic oxidation sites excluding steroid dienone is 2. The lowest BCUT2D eigenvalue weighted by Crippen LogP contribution is -2.20. The van der Waals surface area contributed by atoms with E-state index in [-0.39, 0.29) is 29.9 Å². The van der Waals surface area contributed by atoms with Crippen molar-refractivity contribution in [2.45, 2.75) is 72.6 Å². The molecule has 6 aromatic rings. The van der Waals surface area contributed by atoms with Crippen LogP contribution in [0.1, 0.15) is 72.2 Å². The molecule has 2 aliphatic carbocycles. The van der Waals surface area contributed by atoms with E-state index >= 15 is 8.78 Å². The Bertz CT molecular complexity index is 2880. The van der Waals surface area contributed by atoms with Gasteiger partial charge >= 0.3 is 20.2 Å². The fourth-order valence-corrected chi connectivity index (χ4v) is 13.0. The van der Waals surface area contributed by atoms with Crippen molar-refractivity contribution in [3.05, 3.63) is 114 Å². The van der Waals surface area contributed by atoms with E-state index in [0.29, 0.717) is 142 Å². The Labute approximate surface area is 397 Å². The molecular formula is C43H39Cl4F2N5O6S4. The van der Waals surface area contributed by atoms with Gasteiger partial charge < -0.3 is 4.90 Å². The summed E-state index contributed by atoms with van der Waals surface area (Å²) in [6.07, 6.45) is 8.23. The maximum absolute atomic E-state index is 16.2. The molecule has 4 heterocycles. The minimum Gasteiger partial charge on any atom is -0.306 e. The van der Waals surface area contributed by atoms with E-state index in [0.717, 1.165) is 22.7 Å². The summed E-state index contributed by atoms with van der Waals surface area (Å²) in [5, 5.41) is 10.7. The molecular weight excluding hydrogens is 991 g/mol. The molecule has 21 heteroatoms. The maximum Gasteiger partial charge on any atom is 0.304 e. The maximum atomic E-state index is 16.2. The van der Waals surface area contributed by atoms with Gasteiger partial charge in [0.2, 0.25) is 0 Å². The van der Waals surface area contributed by atoms with Gasteiger partial charge in [0, 0.05) is 21.2 Å². The smallest absolute Gasteiger partial charge is 0.304 e. The van der Waals surface area contributed by atoms with Crippen molar-refractivity contribution in [1.82, 2.24) is 24.5 Å². The molecule has 0 atom stereocenters. The number of hydrogen-bond donors (Lipinski definition) is 2.